The van der Waals surface area contributed by atoms with Gasteiger partial charge in [0, 0.05) is 42.8 Å². The normalized spacial score (nSPS) is 13.7. The number of carbonyl (C=O) groups excluding carboxylic acids is 4. The van der Waals surface area contributed by atoms with Crippen LogP contribution in [-0.2, 0) is 41.6 Å². The third-order valence-corrected chi connectivity index (χ3v) is 6.95. The van der Waals surface area contributed by atoms with E-state index in [1.165, 1.54) is 0 Å². The lowest BCUT2D eigenvalue weighted by atomic mass is 10.0. The molecule has 0 saturated heterocycles. The maximum absolute atomic E-state index is 13.5. The molecule has 0 aliphatic carbocycles. The summed E-state index contributed by atoms with van der Waals surface area (Å²) in [5, 5.41) is 27.3. The molecular formula is C30H36N6O8. The number of para-hydroxylation sites is 1. The van der Waals surface area contributed by atoms with Crippen LogP contribution in [0, 0.1) is 0 Å². The van der Waals surface area contributed by atoms with Gasteiger partial charge >= 0.3 is 11.9 Å². The average Bonchev–Trinajstić information content (AvgIpc) is 3.40. The number of carbonyl (C=O) groups is 6. The van der Waals surface area contributed by atoms with Crippen LogP contribution in [0.5, 0.6) is 0 Å². The van der Waals surface area contributed by atoms with Gasteiger partial charge in [-0.2, -0.15) is 0 Å². The first kappa shape index (κ1) is 33.3. The molecule has 1 aromatic heterocycles. The molecule has 3 rings (SSSR count). The number of carboxylic acid groups (broad SMARTS) is 2. The van der Waals surface area contributed by atoms with Crippen LogP contribution in [-0.4, -0.2) is 74.9 Å². The van der Waals surface area contributed by atoms with Crippen LogP contribution < -0.4 is 27.4 Å². The fraction of sp³-hybridized carbons (Fsp3) is 0.333. The van der Waals surface area contributed by atoms with Crippen LogP contribution in [0.4, 0.5) is 0 Å². The number of aliphatic carboxylic acids is 2. The van der Waals surface area contributed by atoms with Crippen molar-refractivity contribution in [2.24, 2.45) is 11.5 Å². The van der Waals surface area contributed by atoms with Gasteiger partial charge in [0.15, 0.2) is 0 Å². The van der Waals surface area contributed by atoms with Crippen LogP contribution >= 0.6 is 0 Å². The number of rotatable bonds is 17. The molecule has 4 amide bonds. The average molecular weight is 609 g/mol. The molecule has 0 aliphatic rings. The van der Waals surface area contributed by atoms with Gasteiger partial charge in [0.05, 0.1) is 6.04 Å². The second-order valence-electron chi connectivity index (χ2n) is 10.3. The molecule has 4 atom stereocenters. The van der Waals surface area contributed by atoms with Gasteiger partial charge in [0.1, 0.15) is 18.1 Å². The third kappa shape index (κ3) is 9.94. The number of aromatic nitrogens is 1. The van der Waals surface area contributed by atoms with E-state index >= 15 is 0 Å². The number of nitrogens with two attached hydrogens (primary N) is 2. The molecule has 2 aromatic carbocycles. The number of aromatic amines is 1. The van der Waals surface area contributed by atoms with E-state index in [-0.39, 0.29) is 32.1 Å². The highest BCUT2D eigenvalue weighted by Crippen LogP contribution is 2.19. The lowest BCUT2D eigenvalue weighted by molar-refractivity contribution is -0.143. The van der Waals surface area contributed by atoms with Crippen molar-refractivity contribution in [1.82, 2.24) is 20.9 Å². The van der Waals surface area contributed by atoms with Crippen molar-refractivity contribution in [3.8, 4) is 0 Å². The summed E-state index contributed by atoms with van der Waals surface area (Å²) < 4.78 is 0. The summed E-state index contributed by atoms with van der Waals surface area (Å²) in [6, 6.07) is 10.7. The zero-order valence-corrected chi connectivity index (χ0v) is 23.8. The Balaban J connectivity index is 1.79. The van der Waals surface area contributed by atoms with E-state index in [0.717, 1.165) is 10.9 Å². The molecule has 234 valence electrons. The number of nitrogens with one attached hydrogen (secondary N) is 4. The molecule has 0 aliphatic heterocycles. The zero-order chi connectivity index (χ0) is 32.2. The minimum absolute atomic E-state index is 0.00740. The van der Waals surface area contributed by atoms with Crippen molar-refractivity contribution < 1.29 is 39.0 Å². The summed E-state index contributed by atoms with van der Waals surface area (Å²) in [4.78, 5) is 77.1. The molecule has 0 saturated carbocycles. The van der Waals surface area contributed by atoms with Crippen LogP contribution in [0.3, 0.4) is 0 Å². The van der Waals surface area contributed by atoms with E-state index < -0.39 is 66.2 Å². The van der Waals surface area contributed by atoms with Crippen molar-refractivity contribution >= 4 is 46.5 Å². The molecule has 14 nitrogen and oxygen atoms in total. The fourth-order valence-corrected chi connectivity index (χ4v) is 4.57. The second-order valence-corrected chi connectivity index (χ2v) is 10.3. The van der Waals surface area contributed by atoms with E-state index in [9.17, 15) is 39.0 Å². The predicted molar refractivity (Wildman–Crippen MR) is 159 cm³/mol. The van der Waals surface area contributed by atoms with E-state index in [2.05, 4.69) is 20.9 Å². The van der Waals surface area contributed by atoms with Crippen molar-refractivity contribution in [2.45, 2.75) is 62.7 Å². The maximum Gasteiger partial charge on any atom is 0.326 e. The Morgan fingerprint density at radius 3 is 2.00 bits per heavy atom. The quantitative estimate of drug-likeness (QED) is 0.102. The number of amides is 4. The Morgan fingerprint density at radius 1 is 0.727 bits per heavy atom. The Kier molecular flexibility index (Phi) is 12.0. The first-order valence-corrected chi connectivity index (χ1v) is 13.9. The largest absolute Gasteiger partial charge is 0.481 e. The minimum atomic E-state index is -1.44. The van der Waals surface area contributed by atoms with E-state index in [0.29, 0.717) is 11.1 Å². The third-order valence-electron chi connectivity index (χ3n) is 6.95. The molecule has 4 unspecified atom stereocenters. The predicted octanol–water partition coefficient (Wildman–Crippen LogP) is -0.0503. The van der Waals surface area contributed by atoms with Crippen LogP contribution in [0.2, 0.25) is 0 Å². The Labute approximate surface area is 252 Å². The summed E-state index contributed by atoms with van der Waals surface area (Å²) in [5.74, 6) is -5.68. The van der Waals surface area contributed by atoms with Crippen molar-refractivity contribution in [3.63, 3.8) is 0 Å². The summed E-state index contributed by atoms with van der Waals surface area (Å²) in [7, 11) is 0. The number of benzene rings is 2. The second kappa shape index (κ2) is 15.8. The van der Waals surface area contributed by atoms with E-state index in [1.807, 2.05) is 12.1 Å². The van der Waals surface area contributed by atoms with Crippen LogP contribution in [0.15, 0.2) is 60.8 Å². The molecule has 14 heteroatoms. The zero-order valence-electron chi connectivity index (χ0n) is 23.8. The number of H-pyrrole nitrogens is 1. The number of fused-ring (bicyclic) bond motifs is 1. The minimum Gasteiger partial charge on any atom is -0.481 e. The molecule has 0 radical (unpaired) electrons. The topological polar surface area (TPSA) is 247 Å². The molecule has 0 fully saturated rings. The van der Waals surface area contributed by atoms with Gasteiger partial charge in [-0.15, -0.1) is 0 Å². The fourth-order valence-electron chi connectivity index (χ4n) is 4.57. The first-order chi connectivity index (χ1) is 20.9. The van der Waals surface area contributed by atoms with Gasteiger partial charge in [0.2, 0.25) is 23.6 Å². The van der Waals surface area contributed by atoms with Gasteiger partial charge in [-0.1, -0.05) is 48.5 Å². The molecule has 1 heterocycles. The van der Waals surface area contributed by atoms with Gasteiger partial charge in [-0.05, 0) is 30.0 Å². The lowest BCUT2D eigenvalue weighted by Gasteiger charge is -2.25. The standard InChI is InChI=1S/C30H36N6O8/c31-20(10-12-25(32)37)27(40)35-23(14-17-6-2-1-3-7-17)29(42)34-22(11-13-26(38)39)28(41)36-24(30(43)44)15-18-16-33-21-9-5-4-8-19(18)21/h1-9,16,20,22-24,33H,10-15,31H2,(H2,32,37)(H,34,42)(H,35,40)(H,36,41)(H,38,39)(H,43,44). The summed E-state index contributed by atoms with van der Waals surface area (Å²) in [6.07, 6.45) is 0.486. The van der Waals surface area contributed by atoms with E-state index in [1.54, 1.807) is 48.7 Å². The smallest absolute Gasteiger partial charge is 0.326 e. The lowest BCUT2D eigenvalue weighted by Crippen LogP contribution is -2.57. The van der Waals surface area contributed by atoms with Crippen molar-refractivity contribution in [1.29, 1.82) is 0 Å². The maximum atomic E-state index is 13.5. The molecular weight excluding hydrogens is 572 g/mol. The van der Waals surface area contributed by atoms with Crippen LogP contribution in [0.1, 0.15) is 36.8 Å². The number of primary amides is 1. The highest BCUT2D eigenvalue weighted by molar-refractivity contribution is 5.95. The van der Waals surface area contributed by atoms with Gasteiger partial charge in [-0.25, -0.2) is 4.79 Å². The number of carboxylic acids is 2. The van der Waals surface area contributed by atoms with E-state index in [4.69, 9.17) is 11.5 Å². The Bertz CT molecular complexity index is 1490. The summed E-state index contributed by atoms with van der Waals surface area (Å²) >= 11 is 0. The Hall–Kier alpha value is -5.24. The highest BCUT2D eigenvalue weighted by atomic mass is 16.4. The molecule has 3 aromatic rings. The highest BCUT2D eigenvalue weighted by Gasteiger charge is 2.31. The van der Waals surface area contributed by atoms with Crippen molar-refractivity contribution in [2.75, 3.05) is 0 Å². The molecule has 0 bridgehead atoms. The van der Waals surface area contributed by atoms with Crippen molar-refractivity contribution in [3.05, 3.63) is 71.9 Å². The van der Waals surface area contributed by atoms with Gasteiger partial charge in [-0.3, -0.25) is 24.0 Å². The molecule has 44 heavy (non-hydrogen) atoms. The molecule has 10 N–H and O–H groups in total. The monoisotopic (exact) mass is 608 g/mol. The Morgan fingerprint density at radius 2 is 1.34 bits per heavy atom. The number of hydrogen-bond acceptors (Lipinski definition) is 7. The summed E-state index contributed by atoms with van der Waals surface area (Å²) in [5.41, 5.74) is 13.1. The molecule has 0 spiro atoms. The summed E-state index contributed by atoms with van der Waals surface area (Å²) in [6.45, 7) is 0. The van der Waals surface area contributed by atoms with Crippen LogP contribution in [0.25, 0.3) is 10.9 Å². The first-order valence-electron chi connectivity index (χ1n) is 13.9. The number of hydrogen-bond donors (Lipinski definition) is 8. The van der Waals surface area contributed by atoms with Gasteiger partial charge < -0.3 is 42.6 Å². The SMILES string of the molecule is NC(=O)CCC(N)C(=O)NC(Cc1ccccc1)C(=O)NC(CCC(=O)O)C(=O)NC(Cc1c[nH]c2ccccc12)C(=O)O. The van der Waals surface area contributed by atoms with Gasteiger partial charge in [0.25, 0.3) is 0 Å².